The van der Waals surface area contributed by atoms with Gasteiger partial charge in [0.25, 0.3) is 0 Å². The summed E-state index contributed by atoms with van der Waals surface area (Å²) in [5, 5.41) is 11.0. The van der Waals surface area contributed by atoms with E-state index in [4.69, 9.17) is 11.6 Å². The van der Waals surface area contributed by atoms with E-state index >= 15 is 0 Å². The van der Waals surface area contributed by atoms with Gasteiger partial charge in [-0.15, -0.1) is 11.6 Å². The number of hydrogen-bond donors (Lipinski definition) is 0. The summed E-state index contributed by atoms with van der Waals surface area (Å²) >= 11 is 5.67. The van der Waals surface area contributed by atoms with Gasteiger partial charge in [-0.3, -0.25) is 0 Å². The largest absolute Gasteiger partial charge is 0.545 e. The van der Waals surface area contributed by atoms with E-state index in [1.807, 2.05) is 0 Å². The number of carbonyl (C=O) groups excluding carboxylic acids is 1. The Morgan fingerprint density at radius 3 is 2.42 bits per heavy atom. The molecule has 0 atom stereocenters. The van der Waals surface area contributed by atoms with Crippen LogP contribution in [0.4, 0.5) is 8.78 Å². The highest BCUT2D eigenvalue weighted by Gasteiger charge is 2.12. The van der Waals surface area contributed by atoms with Gasteiger partial charge in [0.1, 0.15) is 11.6 Å². The molecule has 0 radical (unpaired) electrons. The molecular weight excluding hydrogens is 274 g/mol. The monoisotopic (exact) mass is 281 g/mol. The maximum Gasteiger partial charge on any atom is 0.133 e. The van der Waals surface area contributed by atoms with E-state index in [-0.39, 0.29) is 22.6 Å². The topological polar surface area (TPSA) is 40.1 Å². The average Bonchev–Trinajstić information content (AvgIpc) is 2.38. The van der Waals surface area contributed by atoms with Gasteiger partial charge in [0.05, 0.1) is 5.97 Å². The smallest absolute Gasteiger partial charge is 0.133 e. The fourth-order valence-corrected chi connectivity index (χ4v) is 1.95. The lowest BCUT2D eigenvalue weighted by Crippen LogP contribution is -2.23. The second-order valence-electron chi connectivity index (χ2n) is 3.93. The molecule has 2 aromatic carbocycles. The summed E-state index contributed by atoms with van der Waals surface area (Å²) in [6, 6.07) is 7.21. The molecule has 0 saturated carbocycles. The van der Waals surface area contributed by atoms with Crippen LogP contribution in [0, 0.1) is 11.6 Å². The van der Waals surface area contributed by atoms with Crippen molar-refractivity contribution in [2.75, 3.05) is 0 Å². The molecule has 98 valence electrons. The van der Waals surface area contributed by atoms with Gasteiger partial charge in [-0.2, -0.15) is 0 Å². The number of rotatable bonds is 3. The Hall–Kier alpha value is -1.94. The highest BCUT2D eigenvalue weighted by molar-refractivity contribution is 6.17. The summed E-state index contributed by atoms with van der Waals surface area (Å²) in [5.41, 5.74) is 0.577. The van der Waals surface area contributed by atoms with Crippen LogP contribution in [0.1, 0.15) is 15.9 Å². The molecule has 0 aliphatic carbocycles. The number of carbonyl (C=O) groups is 1. The third kappa shape index (κ3) is 2.74. The first kappa shape index (κ1) is 13.5. The Bertz CT molecular complexity index is 641. The molecule has 0 spiro atoms. The normalized spacial score (nSPS) is 10.5. The minimum atomic E-state index is -1.43. The highest BCUT2D eigenvalue weighted by atomic mass is 35.5. The van der Waals surface area contributed by atoms with Gasteiger partial charge in [0.2, 0.25) is 0 Å². The number of hydrogen-bond acceptors (Lipinski definition) is 2. The van der Waals surface area contributed by atoms with Crippen molar-refractivity contribution in [1.29, 1.82) is 0 Å². The van der Waals surface area contributed by atoms with E-state index in [1.165, 1.54) is 24.3 Å². The summed E-state index contributed by atoms with van der Waals surface area (Å²) < 4.78 is 26.6. The highest BCUT2D eigenvalue weighted by Crippen LogP contribution is 2.28. The molecule has 19 heavy (non-hydrogen) atoms. The van der Waals surface area contributed by atoms with Gasteiger partial charge in [0, 0.05) is 23.1 Å². The van der Waals surface area contributed by atoms with Crippen molar-refractivity contribution in [3.63, 3.8) is 0 Å². The third-order valence-electron chi connectivity index (χ3n) is 2.68. The first-order chi connectivity index (χ1) is 9.02. The second kappa shape index (κ2) is 5.36. The molecule has 0 aromatic heterocycles. The van der Waals surface area contributed by atoms with E-state index in [9.17, 15) is 18.7 Å². The van der Waals surface area contributed by atoms with Gasteiger partial charge in [-0.1, -0.05) is 12.1 Å². The number of carboxylic acid groups (broad SMARTS) is 1. The van der Waals surface area contributed by atoms with Gasteiger partial charge in [-0.25, -0.2) is 8.78 Å². The molecule has 0 aliphatic rings. The SMILES string of the molecule is O=C([O-])c1ccc(CCl)cc1-c1ccc(F)cc1F. The number of halogens is 3. The lowest BCUT2D eigenvalue weighted by Gasteiger charge is -2.13. The lowest BCUT2D eigenvalue weighted by atomic mass is 9.97. The third-order valence-corrected chi connectivity index (χ3v) is 2.99. The zero-order valence-electron chi connectivity index (χ0n) is 9.62. The van der Waals surface area contributed by atoms with E-state index in [0.717, 1.165) is 6.07 Å². The van der Waals surface area contributed by atoms with Gasteiger partial charge in [0.15, 0.2) is 0 Å². The van der Waals surface area contributed by atoms with Crippen LogP contribution in [0.5, 0.6) is 0 Å². The van der Waals surface area contributed by atoms with Crippen LogP contribution in [0.25, 0.3) is 11.1 Å². The first-order valence-electron chi connectivity index (χ1n) is 5.38. The predicted octanol–water partition coefficient (Wildman–Crippen LogP) is 2.73. The number of benzene rings is 2. The summed E-state index contributed by atoms with van der Waals surface area (Å²) in [6.45, 7) is 0. The molecule has 0 unspecified atom stereocenters. The van der Waals surface area contributed by atoms with Crippen LogP contribution < -0.4 is 5.11 Å². The zero-order chi connectivity index (χ0) is 14.0. The predicted molar refractivity (Wildman–Crippen MR) is 65.7 cm³/mol. The first-order valence-corrected chi connectivity index (χ1v) is 5.92. The summed E-state index contributed by atoms with van der Waals surface area (Å²) in [6.07, 6.45) is 0. The maximum absolute atomic E-state index is 13.7. The van der Waals surface area contributed by atoms with Gasteiger partial charge >= 0.3 is 0 Å². The van der Waals surface area contributed by atoms with Crippen molar-refractivity contribution in [2.24, 2.45) is 0 Å². The van der Waals surface area contributed by atoms with Crippen LogP contribution >= 0.6 is 11.6 Å². The molecule has 0 aliphatic heterocycles. The van der Waals surface area contributed by atoms with Gasteiger partial charge in [-0.05, 0) is 29.3 Å². The number of carboxylic acids is 1. The quantitative estimate of drug-likeness (QED) is 0.812. The molecule has 2 rings (SSSR count). The number of aromatic carboxylic acids is 1. The molecule has 2 nitrogen and oxygen atoms in total. The molecule has 5 heteroatoms. The molecule has 0 saturated heterocycles. The minimum Gasteiger partial charge on any atom is -0.545 e. The van der Waals surface area contributed by atoms with Crippen molar-refractivity contribution >= 4 is 17.6 Å². The van der Waals surface area contributed by atoms with Crippen molar-refractivity contribution < 1.29 is 18.7 Å². The summed E-state index contributed by atoms with van der Waals surface area (Å²) in [4.78, 5) is 11.0. The van der Waals surface area contributed by atoms with Crippen molar-refractivity contribution in [3.8, 4) is 11.1 Å². The van der Waals surface area contributed by atoms with Crippen molar-refractivity contribution in [2.45, 2.75) is 5.88 Å². The maximum atomic E-state index is 13.7. The molecule has 0 fully saturated rings. The molecule has 0 N–H and O–H groups in total. The molecule has 0 amide bonds. The fraction of sp³-hybridized carbons (Fsp3) is 0.0714. The van der Waals surface area contributed by atoms with E-state index in [0.29, 0.717) is 11.6 Å². The van der Waals surface area contributed by atoms with Crippen LogP contribution in [0.3, 0.4) is 0 Å². The van der Waals surface area contributed by atoms with E-state index in [2.05, 4.69) is 0 Å². The fourth-order valence-electron chi connectivity index (χ4n) is 1.78. The standard InChI is InChI=1S/C14H9ClF2O2/c15-7-8-1-3-11(14(18)19)12(5-8)10-4-2-9(16)6-13(10)17/h1-6H,7H2,(H,18,19)/p-1. The molecule has 2 aromatic rings. The van der Waals surface area contributed by atoms with E-state index in [1.54, 1.807) is 0 Å². The average molecular weight is 282 g/mol. The van der Waals surface area contributed by atoms with Crippen LogP contribution in [0.15, 0.2) is 36.4 Å². The molecular formula is C14H8ClF2O2-. The summed E-state index contributed by atoms with van der Waals surface area (Å²) in [7, 11) is 0. The Balaban J connectivity index is 2.68. The molecule has 0 bridgehead atoms. The van der Waals surface area contributed by atoms with Crippen LogP contribution in [0.2, 0.25) is 0 Å². The Kier molecular flexibility index (Phi) is 3.81. The Morgan fingerprint density at radius 1 is 1.11 bits per heavy atom. The van der Waals surface area contributed by atoms with Crippen LogP contribution in [-0.4, -0.2) is 5.97 Å². The molecule has 0 heterocycles. The Labute approximate surface area is 113 Å². The Morgan fingerprint density at radius 2 is 1.84 bits per heavy atom. The number of alkyl halides is 1. The zero-order valence-corrected chi connectivity index (χ0v) is 10.4. The van der Waals surface area contributed by atoms with Gasteiger partial charge < -0.3 is 9.90 Å². The minimum absolute atomic E-state index is 0.00688. The second-order valence-corrected chi connectivity index (χ2v) is 4.19. The summed E-state index contributed by atoms with van der Waals surface area (Å²) in [5.74, 6) is -2.85. The van der Waals surface area contributed by atoms with Crippen molar-refractivity contribution in [1.82, 2.24) is 0 Å². The lowest BCUT2D eigenvalue weighted by molar-refractivity contribution is -0.254. The van der Waals surface area contributed by atoms with Crippen LogP contribution in [-0.2, 0) is 5.88 Å². The van der Waals surface area contributed by atoms with Crippen molar-refractivity contribution in [3.05, 3.63) is 59.2 Å². The van der Waals surface area contributed by atoms with E-state index < -0.39 is 17.6 Å².